The van der Waals surface area contributed by atoms with Crippen molar-refractivity contribution in [2.45, 2.75) is 44.0 Å². The van der Waals surface area contributed by atoms with Crippen LogP contribution in [0.1, 0.15) is 30.7 Å². The molecule has 2 atom stereocenters. The van der Waals surface area contributed by atoms with Gasteiger partial charge in [-0.05, 0) is 37.6 Å². The van der Waals surface area contributed by atoms with Crippen molar-refractivity contribution in [3.8, 4) is 11.5 Å². The van der Waals surface area contributed by atoms with Crippen molar-refractivity contribution < 1.29 is 48.9 Å². The van der Waals surface area contributed by atoms with Gasteiger partial charge in [-0.15, -0.1) is 23.1 Å². The third-order valence-electron chi connectivity index (χ3n) is 7.60. The number of carboxylic acids is 2. The Morgan fingerprint density at radius 2 is 1.91 bits per heavy atom. The summed E-state index contributed by atoms with van der Waals surface area (Å²) in [7, 11) is 2.00. The lowest BCUT2D eigenvalue weighted by molar-refractivity contribution is -0.923. The summed E-state index contributed by atoms with van der Waals surface area (Å²) in [6.45, 7) is 4.17. The molecule has 238 valence electrons. The number of β-lactam (4-membered cyclic amide) rings is 1. The standard InChI is InChI=1S/C28H30N6O9S2/c1-28(2,26(41)42)43-32-19(16-12-45-27(29)30-16)22(37)31-20-23(38)33-21(25(39)40)13(11-44-24(20)33)5-4-6-34(3)9-14-7-17(35)18(36)8-15(14)10-34/h4-5,7-8,12,20,24H,6,9-11H2,1-3H3,(H6-,29,30,31,32,35,36,37,39,40,41,42)/b5-4+/t20-,24-/m1/s1. The predicted molar refractivity (Wildman–Crippen MR) is 160 cm³/mol. The lowest BCUT2D eigenvalue weighted by atomic mass is 10.0. The first kappa shape index (κ1) is 31.8. The third kappa shape index (κ3) is 6.18. The van der Waals surface area contributed by atoms with Crippen LogP contribution in [0.15, 0.2) is 46.1 Å². The molecule has 0 aliphatic carbocycles. The number of aromatic nitrogens is 1. The number of fused-ring (bicyclic) bond motifs is 2. The fraction of sp³-hybridized carbons (Fsp3) is 0.357. The van der Waals surface area contributed by atoms with Crippen LogP contribution in [0.25, 0.3) is 0 Å². The van der Waals surface area contributed by atoms with E-state index in [0.29, 0.717) is 29.7 Å². The average molecular weight is 659 g/mol. The molecular formula is C28H30N6O9S2. The van der Waals surface area contributed by atoms with Crippen LogP contribution in [0.5, 0.6) is 11.5 Å². The highest BCUT2D eigenvalue weighted by molar-refractivity contribution is 8.00. The number of carbonyl (C=O) groups excluding carboxylic acids is 3. The number of nitrogens with one attached hydrogen (secondary N) is 1. The van der Waals surface area contributed by atoms with Gasteiger partial charge in [-0.1, -0.05) is 11.2 Å². The smallest absolute Gasteiger partial charge is 0.350 e. The van der Waals surface area contributed by atoms with Gasteiger partial charge in [0.2, 0.25) is 5.60 Å². The highest BCUT2D eigenvalue weighted by Gasteiger charge is 2.53. The molecule has 0 saturated carbocycles. The number of benzene rings is 1. The normalized spacial score (nSPS) is 20.9. The van der Waals surface area contributed by atoms with Gasteiger partial charge in [-0.25, -0.2) is 9.78 Å². The lowest BCUT2D eigenvalue weighted by Gasteiger charge is -2.50. The number of hydrogen-bond donors (Lipinski definition) is 5. The summed E-state index contributed by atoms with van der Waals surface area (Å²) in [6.07, 6.45) is 3.46. The molecule has 0 bridgehead atoms. The van der Waals surface area contributed by atoms with Gasteiger partial charge in [-0.3, -0.25) is 14.5 Å². The molecule has 3 aliphatic heterocycles. The second kappa shape index (κ2) is 11.7. The van der Waals surface area contributed by atoms with Crippen molar-refractivity contribution in [1.82, 2.24) is 15.2 Å². The highest BCUT2D eigenvalue weighted by atomic mass is 32.2. The van der Waals surface area contributed by atoms with E-state index in [0.717, 1.165) is 27.4 Å². The minimum absolute atomic E-state index is 0.00455. The zero-order chi connectivity index (χ0) is 32.8. The Kier molecular flexibility index (Phi) is 8.28. The number of likely N-dealkylation sites (N-methyl/N-ethyl adjacent to an activating group) is 1. The number of nitrogens with two attached hydrogens (primary N) is 1. The molecule has 5 rings (SSSR count). The quantitative estimate of drug-likeness (QED) is 0.0738. The number of nitrogens with zero attached hydrogens (tertiary/aromatic N) is 4. The second-order valence-corrected chi connectivity index (χ2v) is 13.6. The topological polar surface area (TPSA) is 228 Å². The number of phenols is 2. The van der Waals surface area contributed by atoms with E-state index in [1.807, 2.05) is 13.1 Å². The van der Waals surface area contributed by atoms with E-state index in [4.69, 9.17) is 10.6 Å². The minimum Gasteiger partial charge on any atom is -0.543 e. The number of thiazole rings is 1. The molecule has 2 amide bonds. The van der Waals surface area contributed by atoms with E-state index in [1.165, 1.54) is 31.0 Å². The van der Waals surface area contributed by atoms with Gasteiger partial charge in [0.05, 0.1) is 25.3 Å². The molecule has 15 nitrogen and oxygen atoms in total. The number of phenolic OH excluding ortho intramolecular Hbond substituents is 2. The Morgan fingerprint density at radius 3 is 2.47 bits per heavy atom. The van der Waals surface area contributed by atoms with Crippen molar-refractivity contribution in [2.24, 2.45) is 5.16 Å². The maximum Gasteiger partial charge on any atom is 0.350 e. The molecule has 17 heteroatoms. The maximum atomic E-state index is 13.3. The summed E-state index contributed by atoms with van der Waals surface area (Å²) in [5.74, 6) is -4.60. The lowest BCUT2D eigenvalue weighted by Crippen LogP contribution is -2.71. The number of aliphatic carboxylic acids is 2. The Labute approximate surface area is 264 Å². The fourth-order valence-electron chi connectivity index (χ4n) is 5.18. The van der Waals surface area contributed by atoms with Crippen molar-refractivity contribution in [1.29, 1.82) is 0 Å². The Hall–Kier alpha value is -4.61. The molecule has 4 heterocycles. The van der Waals surface area contributed by atoms with Gasteiger partial charge in [0.1, 0.15) is 30.2 Å². The summed E-state index contributed by atoms with van der Waals surface area (Å²) in [5.41, 5.74) is 5.41. The molecule has 0 radical (unpaired) electrons. The number of aromatic hydroxyl groups is 2. The van der Waals surface area contributed by atoms with Gasteiger partial charge in [0.15, 0.2) is 22.3 Å². The van der Waals surface area contributed by atoms with Crippen LogP contribution in [0.3, 0.4) is 0 Å². The van der Waals surface area contributed by atoms with Crippen LogP contribution in [-0.4, -0.2) is 95.5 Å². The number of allylic oxidation sites excluding steroid dienone is 1. The number of nitrogen functional groups attached to an aromatic ring is 1. The van der Waals surface area contributed by atoms with Crippen molar-refractivity contribution in [2.75, 3.05) is 25.1 Å². The molecule has 0 spiro atoms. The van der Waals surface area contributed by atoms with Crippen molar-refractivity contribution >= 4 is 57.7 Å². The number of quaternary nitrogens is 1. The first-order valence-electron chi connectivity index (χ1n) is 13.5. The minimum atomic E-state index is -1.78. The third-order valence-corrected chi connectivity index (χ3v) is 9.58. The molecule has 1 aromatic carbocycles. The monoisotopic (exact) mass is 658 g/mol. The first-order valence-corrected chi connectivity index (χ1v) is 15.5. The van der Waals surface area contributed by atoms with Gasteiger partial charge >= 0.3 is 5.97 Å². The maximum absolute atomic E-state index is 13.3. The van der Waals surface area contributed by atoms with Crippen molar-refractivity contribution in [3.63, 3.8) is 0 Å². The Balaban J connectivity index is 1.30. The summed E-state index contributed by atoms with van der Waals surface area (Å²) in [6, 6.07) is 1.97. The molecule has 3 aliphatic rings. The zero-order valence-electron chi connectivity index (χ0n) is 24.3. The zero-order valence-corrected chi connectivity index (χ0v) is 26.0. The molecular weight excluding hydrogens is 628 g/mol. The van der Waals surface area contributed by atoms with Gasteiger partial charge in [0, 0.05) is 22.3 Å². The molecule has 1 saturated heterocycles. The number of oxime groups is 1. The van der Waals surface area contributed by atoms with Crippen LogP contribution in [0.4, 0.5) is 5.13 Å². The van der Waals surface area contributed by atoms with E-state index in [-0.39, 0.29) is 33.8 Å². The first-order chi connectivity index (χ1) is 21.1. The molecule has 0 unspecified atom stereocenters. The Morgan fingerprint density at radius 1 is 1.27 bits per heavy atom. The van der Waals surface area contributed by atoms with E-state index in [9.17, 15) is 39.6 Å². The molecule has 1 aromatic heterocycles. The number of rotatable bonds is 10. The van der Waals surface area contributed by atoms with E-state index < -0.39 is 46.5 Å². The van der Waals surface area contributed by atoms with E-state index in [2.05, 4.69) is 15.5 Å². The van der Waals surface area contributed by atoms with E-state index >= 15 is 0 Å². The molecule has 2 aromatic rings. The number of hydrogen-bond acceptors (Lipinski definition) is 13. The van der Waals surface area contributed by atoms with Crippen LogP contribution in [-0.2, 0) is 37.1 Å². The summed E-state index contributed by atoms with van der Waals surface area (Å²) in [5, 5.41) is 48.3. The van der Waals surface area contributed by atoms with Gasteiger partial charge in [0.25, 0.3) is 11.8 Å². The van der Waals surface area contributed by atoms with Crippen LogP contribution < -0.4 is 16.2 Å². The number of anilines is 1. The number of carbonyl (C=O) groups is 4. The fourth-order valence-corrected chi connectivity index (χ4v) is 7.05. The van der Waals surface area contributed by atoms with Gasteiger partial charge in [-0.2, -0.15) is 0 Å². The summed E-state index contributed by atoms with van der Waals surface area (Å²) < 4.78 is 0.525. The van der Waals surface area contributed by atoms with Crippen LogP contribution in [0.2, 0.25) is 0 Å². The predicted octanol–water partition coefficient (Wildman–Crippen LogP) is -0.159. The average Bonchev–Trinajstić information content (AvgIpc) is 3.53. The van der Waals surface area contributed by atoms with Gasteiger partial charge < -0.3 is 45.6 Å². The summed E-state index contributed by atoms with van der Waals surface area (Å²) >= 11 is 2.26. The molecule has 45 heavy (non-hydrogen) atoms. The number of thioether (sulfide) groups is 1. The highest BCUT2D eigenvalue weighted by Crippen LogP contribution is 2.41. The molecule has 1 fully saturated rings. The SMILES string of the molecule is CC(C)(O/N=C(\C(=O)N[C@@H]1C(=O)N2C(C(=O)[O-])=C(/C=C/C[N+]3(C)Cc4cc(O)c(O)cc4C3)CS[C@H]12)c1csc(N)n1)C(=O)O. The largest absolute Gasteiger partial charge is 0.543 e. The van der Waals surface area contributed by atoms with Crippen LogP contribution >= 0.6 is 23.1 Å². The van der Waals surface area contributed by atoms with Crippen molar-refractivity contribution in [3.05, 3.63) is 57.8 Å². The molecule has 6 N–H and O–H groups in total. The Bertz CT molecular complexity index is 1670. The second-order valence-electron chi connectivity index (χ2n) is 11.6. The number of carboxylic acid groups (broad SMARTS) is 2. The van der Waals surface area contributed by atoms with Crippen LogP contribution in [0, 0.1) is 0 Å². The number of amides is 2. The summed E-state index contributed by atoms with van der Waals surface area (Å²) in [4.78, 5) is 60.3. The van der Waals surface area contributed by atoms with E-state index in [1.54, 1.807) is 18.2 Å².